The Morgan fingerprint density at radius 1 is 1.42 bits per heavy atom. The smallest absolute Gasteiger partial charge is 0.0682 e. The van der Waals surface area contributed by atoms with Crippen molar-refractivity contribution in [1.29, 1.82) is 0 Å². The lowest BCUT2D eigenvalue weighted by atomic mass is 10.0. The van der Waals surface area contributed by atoms with E-state index in [1.54, 1.807) is 0 Å². The van der Waals surface area contributed by atoms with Gasteiger partial charge >= 0.3 is 0 Å². The second kappa shape index (κ2) is 3.92. The summed E-state index contributed by atoms with van der Waals surface area (Å²) < 4.78 is 0. The predicted octanol–water partition coefficient (Wildman–Crippen LogP) is 2.70. The molecule has 0 aliphatic carbocycles. The van der Waals surface area contributed by atoms with Crippen molar-refractivity contribution in [1.82, 2.24) is 0 Å². The molecule has 2 heteroatoms. The zero-order valence-corrected chi connectivity index (χ0v) is 8.15. The van der Waals surface area contributed by atoms with E-state index in [1.165, 1.54) is 5.56 Å². The Morgan fingerprint density at radius 2 is 2.08 bits per heavy atom. The van der Waals surface area contributed by atoms with E-state index in [-0.39, 0.29) is 6.61 Å². The summed E-state index contributed by atoms with van der Waals surface area (Å²) >= 11 is 5.97. The van der Waals surface area contributed by atoms with Crippen LogP contribution >= 0.6 is 11.6 Å². The number of halogens is 1. The summed E-state index contributed by atoms with van der Waals surface area (Å²) in [4.78, 5) is 0. The van der Waals surface area contributed by atoms with Gasteiger partial charge in [0, 0.05) is 5.02 Å². The van der Waals surface area contributed by atoms with Gasteiger partial charge in [-0.1, -0.05) is 24.6 Å². The van der Waals surface area contributed by atoms with Crippen molar-refractivity contribution in [3.05, 3.63) is 33.8 Å². The molecular formula is C10H13ClO. The van der Waals surface area contributed by atoms with Crippen molar-refractivity contribution in [2.75, 3.05) is 0 Å². The van der Waals surface area contributed by atoms with Gasteiger partial charge in [0.1, 0.15) is 0 Å². The van der Waals surface area contributed by atoms with E-state index >= 15 is 0 Å². The maximum atomic E-state index is 8.91. The predicted molar refractivity (Wildman–Crippen MR) is 51.5 cm³/mol. The molecule has 12 heavy (non-hydrogen) atoms. The third kappa shape index (κ3) is 1.79. The molecule has 0 radical (unpaired) electrons. The summed E-state index contributed by atoms with van der Waals surface area (Å²) in [6.07, 6.45) is 0.958. The molecule has 0 saturated carbocycles. The Kier molecular flexibility index (Phi) is 3.12. The summed E-state index contributed by atoms with van der Waals surface area (Å²) in [6, 6.07) is 3.82. The van der Waals surface area contributed by atoms with E-state index in [9.17, 15) is 0 Å². The van der Waals surface area contributed by atoms with E-state index in [0.717, 1.165) is 22.6 Å². The van der Waals surface area contributed by atoms with Crippen LogP contribution < -0.4 is 0 Å². The fourth-order valence-corrected chi connectivity index (χ4v) is 1.52. The molecule has 1 rings (SSSR count). The normalized spacial score (nSPS) is 10.3. The molecule has 1 aromatic carbocycles. The minimum absolute atomic E-state index is 0.0625. The van der Waals surface area contributed by atoms with E-state index in [1.807, 2.05) is 19.1 Å². The van der Waals surface area contributed by atoms with Crippen LogP contribution in [0.3, 0.4) is 0 Å². The Labute approximate surface area is 78.0 Å². The Hall–Kier alpha value is -0.530. The van der Waals surface area contributed by atoms with Crippen LogP contribution in [0.15, 0.2) is 12.1 Å². The van der Waals surface area contributed by atoms with Crippen LogP contribution in [0, 0.1) is 6.92 Å². The molecule has 0 amide bonds. The summed E-state index contributed by atoms with van der Waals surface area (Å²) in [7, 11) is 0. The first-order chi connectivity index (χ1) is 5.69. The van der Waals surface area contributed by atoms with Gasteiger partial charge in [-0.25, -0.2) is 0 Å². The molecule has 0 bridgehead atoms. The van der Waals surface area contributed by atoms with E-state index in [0.29, 0.717) is 0 Å². The highest BCUT2D eigenvalue weighted by atomic mass is 35.5. The molecule has 1 nitrogen and oxygen atoms in total. The fourth-order valence-electron chi connectivity index (χ4n) is 1.26. The van der Waals surface area contributed by atoms with Crippen LogP contribution in [-0.4, -0.2) is 5.11 Å². The Morgan fingerprint density at radius 3 is 2.58 bits per heavy atom. The molecule has 0 aliphatic rings. The van der Waals surface area contributed by atoms with Gasteiger partial charge in [-0.05, 0) is 36.1 Å². The van der Waals surface area contributed by atoms with Crippen LogP contribution in [0.2, 0.25) is 5.02 Å². The summed E-state index contributed by atoms with van der Waals surface area (Å²) in [5.74, 6) is 0. The maximum Gasteiger partial charge on any atom is 0.0682 e. The molecular weight excluding hydrogens is 172 g/mol. The summed E-state index contributed by atoms with van der Waals surface area (Å²) in [6.45, 7) is 4.15. The molecule has 0 aromatic heterocycles. The number of hydrogen-bond donors (Lipinski definition) is 1. The van der Waals surface area contributed by atoms with Gasteiger partial charge in [-0.15, -0.1) is 0 Å². The van der Waals surface area contributed by atoms with Crippen LogP contribution in [0.25, 0.3) is 0 Å². The van der Waals surface area contributed by atoms with Gasteiger partial charge in [0.05, 0.1) is 6.61 Å². The zero-order valence-electron chi connectivity index (χ0n) is 7.39. The zero-order chi connectivity index (χ0) is 9.14. The maximum absolute atomic E-state index is 8.91. The number of aliphatic hydroxyl groups excluding tert-OH is 1. The molecule has 0 saturated heterocycles. The fraction of sp³-hybridized carbons (Fsp3) is 0.400. The van der Waals surface area contributed by atoms with Gasteiger partial charge < -0.3 is 5.11 Å². The molecule has 0 atom stereocenters. The molecule has 0 fully saturated rings. The van der Waals surface area contributed by atoms with E-state index in [4.69, 9.17) is 16.7 Å². The number of hydrogen-bond acceptors (Lipinski definition) is 1. The molecule has 0 aliphatic heterocycles. The third-order valence-electron chi connectivity index (χ3n) is 2.08. The van der Waals surface area contributed by atoms with E-state index < -0.39 is 0 Å². The SMILES string of the molecule is CCc1cc(CO)cc(Cl)c1C. The second-order valence-electron chi connectivity index (χ2n) is 2.87. The van der Waals surface area contributed by atoms with Crippen molar-refractivity contribution in [2.24, 2.45) is 0 Å². The van der Waals surface area contributed by atoms with Crippen molar-refractivity contribution in [2.45, 2.75) is 26.9 Å². The highest BCUT2D eigenvalue weighted by molar-refractivity contribution is 6.31. The highest BCUT2D eigenvalue weighted by Gasteiger charge is 2.02. The van der Waals surface area contributed by atoms with Crippen LogP contribution in [0.5, 0.6) is 0 Å². The second-order valence-corrected chi connectivity index (χ2v) is 3.28. The third-order valence-corrected chi connectivity index (χ3v) is 2.47. The lowest BCUT2D eigenvalue weighted by molar-refractivity contribution is 0.281. The first-order valence-corrected chi connectivity index (χ1v) is 4.45. The minimum atomic E-state index is 0.0625. The number of aliphatic hydroxyl groups is 1. The molecule has 0 unspecified atom stereocenters. The average molecular weight is 185 g/mol. The van der Waals surface area contributed by atoms with Gasteiger partial charge in [0.25, 0.3) is 0 Å². The molecule has 0 spiro atoms. The van der Waals surface area contributed by atoms with E-state index in [2.05, 4.69) is 6.92 Å². The largest absolute Gasteiger partial charge is 0.392 e. The van der Waals surface area contributed by atoms with Gasteiger partial charge in [0.15, 0.2) is 0 Å². The Balaban J connectivity index is 3.19. The number of aryl methyl sites for hydroxylation is 1. The van der Waals surface area contributed by atoms with Gasteiger partial charge in [-0.3, -0.25) is 0 Å². The van der Waals surface area contributed by atoms with Crippen molar-refractivity contribution in [3.63, 3.8) is 0 Å². The van der Waals surface area contributed by atoms with Crippen LogP contribution in [0.1, 0.15) is 23.6 Å². The first-order valence-electron chi connectivity index (χ1n) is 4.07. The van der Waals surface area contributed by atoms with Gasteiger partial charge in [-0.2, -0.15) is 0 Å². The Bertz CT molecular complexity index is 281. The first kappa shape index (κ1) is 9.56. The van der Waals surface area contributed by atoms with Crippen LogP contribution in [-0.2, 0) is 13.0 Å². The lowest BCUT2D eigenvalue weighted by Gasteiger charge is -2.07. The number of rotatable bonds is 2. The van der Waals surface area contributed by atoms with Crippen LogP contribution in [0.4, 0.5) is 0 Å². The molecule has 66 valence electrons. The van der Waals surface area contributed by atoms with Gasteiger partial charge in [0.2, 0.25) is 0 Å². The summed E-state index contributed by atoms with van der Waals surface area (Å²) in [5.41, 5.74) is 3.23. The standard InChI is InChI=1S/C10H13ClO/c1-3-9-4-8(6-12)5-10(11)7(9)2/h4-5,12H,3,6H2,1-2H3. The van der Waals surface area contributed by atoms with Crippen molar-refractivity contribution < 1.29 is 5.11 Å². The minimum Gasteiger partial charge on any atom is -0.392 e. The van der Waals surface area contributed by atoms with Crippen molar-refractivity contribution >= 4 is 11.6 Å². The lowest BCUT2D eigenvalue weighted by Crippen LogP contribution is -1.92. The molecule has 1 N–H and O–H groups in total. The number of benzene rings is 1. The molecule has 0 heterocycles. The highest BCUT2D eigenvalue weighted by Crippen LogP contribution is 2.21. The summed E-state index contributed by atoms with van der Waals surface area (Å²) in [5, 5.41) is 9.66. The molecule has 1 aromatic rings. The topological polar surface area (TPSA) is 20.2 Å². The monoisotopic (exact) mass is 184 g/mol. The average Bonchev–Trinajstić information content (AvgIpc) is 2.09. The van der Waals surface area contributed by atoms with Crippen molar-refractivity contribution in [3.8, 4) is 0 Å². The quantitative estimate of drug-likeness (QED) is 0.750.